The summed E-state index contributed by atoms with van der Waals surface area (Å²) in [6.45, 7) is 5.80. The minimum atomic E-state index is -0.993. The molecule has 0 unspecified atom stereocenters. The van der Waals surface area contributed by atoms with Crippen molar-refractivity contribution in [1.29, 1.82) is 0 Å². The van der Waals surface area contributed by atoms with Gasteiger partial charge in [-0.3, -0.25) is 9.59 Å². The summed E-state index contributed by atoms with van der Waals surface area (Å²) in [7, 11) is 1.47. The van der Waals surface area contributed by atoms with E-state index in [9.17, 15) is 14.7 Å². The third-order valence-electron chi connectivity index (χ3n) is 6.28. The summed E-state index contributed by atoms with van der Waals surface area (Å²) < 4.78 is 5.78. The highest BCUT2D eigenvalue weighted by Gasteiger charge is 2.62. The minimum absolute atomic E-state index is 0.0115. The van der Waals surface area contributed by atoms with Crippen LogP contribution in [-0.4, -0.2) is 24.0 Å². The number of hydrogen-bond donors (Lipinski definition) is 1. The summed E-state index contributed by atoms with van der Waals surface area (Å²) in [5.74, 6) is -1.04. The van der Waals surface area contributed by atoms with Crippen LogP contribution in [0.5, 0.6) is 11.5 Å². The summed E-state index contributed by atoms with van der Waals surface area (Å²) in [4.78, 5) is 28.4. The van der Waals surface area contributed by atoms with Crippen LogP contribution in [0.15, 0.2) is 71.2 Å². The largest absolute Gasteiger partial charge is 0.503 e. The molecule has 0 bridgehead atoms. The van der Waals surface area contributed by atoms with Gasteiger partial charge >= 0.3 is 0 Å². The Labute approximate surface area is 183 Å². The van der Waals surface area contributed by atoms with E-state index in [1.165, 1.54) is 12.0 Å². The van der Waals surface area contributed by atoms with E-state index in [0.29, 0.717) is 22.3 Å². The topological polar surface area (TPSA) is 66.8 Å². The molecule has 1 aliphatic carbocycles. The van der Waals surface area contributed by atoms with Gasteiger partial charge in [-0.2, -0.15) is 0 Å². The normalized spacial score (nSPS) is 25.7. The lowest BCUT2D eigenvalue weighted by Crippen LogP contribution is -2.41. The van der Waals surface area contributed by atoms with Gasteiger partial charge in [0, 0.05) is 5.92 Å². The van der Waals surface area contributed by atoms with Gasteiger partial charge in [-0.25, -0.2) is 4.90 Å². The fourth-order valence-corrected chi connectivity index (χ4v) is 5.23. The van der Waals surface area contributed by atoms with Crippen LogP contribution in [0.2, 0.25) is 0 Å². The van der Waals surface area contributed by atoms with E-state index < -0.39 is 17.3 Å². The van der Waals surface area contributed by atoms with Crippen molar-refractivity contribution in [3.8, 4) is 11.5 Å². The first-order chi connectivity index (χ1) is 14.3. The second kappa shape index (κ2) is 7.43. The number of imide groups is 1. The van der Waals surface area contributed by atoms with Gasteiger partial charge in [-0.15, -0.1) is 0 Å². The Bertz CT molecular complexity index is 1080. The maximum atomic E-state index is 13.8. The van der Waals surface area contributed by atoms with E-state index in [-0.39, 0.29) is 17.6 Å². The van der Waals surface area contributed by atoms with Crippen LogP contribution in [0.4, 0.5) is 5.69 Å². The molecule has 30 heavy (non-hydrogen) atoms. The number of anilines is 1. The standard InChI is InChI=1S/C24H22BrNO4/c1-4-14-10-11-17-22(28)26(16-8-6-5-7-9-16)23(29)24(17,2)20(14)15-12-18(25)21(27)19(13-15)30-3/h4-10,12-13,17,20,27H,1,11H2,2-3H3/t17-,20+,24+/m0/s1. The fourth-order valence-electron chi connectivity index (χ4n) is 4.77. The van der Waals surface area contributed by atoms with Crippen molar-refractivity contribution in [2.24, 2.45) is 11.3 Å². The van der Waals surface area contributed by atoms with Crippen LogP contribution in [0.1, 0.15) is 24.8 Å². The van der Waals surface area contributed by atoms with Crippen LogP contribution < -0.4 is 9.64 Å². The minimum Gasteiger partial charge on any atom is -0.503 e. The third kappa shape index (κ3) is 2.82. The molecule has 0 radical (unpaired) electrons. The Morgan fingerprint density at radius 1 is 1.27 bits per heavy atom. The molecule has 2 amide bonds. The van der Waals surface area contributed by atoms with Crippen molar-refractivity contribution in [3.05, 3.63) is 76.8 Å². The fraction of sp³-hybridized carbons (Fsp3) is 0.250. The second-order valence-electron chi connectivity index (χ2n) is 7.78. The summed E-state index contributed by atoms with van der Waals surface area (Å²) in [5.41, 5.74) is 1.23. The molecule has 2 aliphatic rings. The Kier molecular flexibility index (Phi) is 5.06. The lowest BCUT2D eigenvalue weighted by molar-refractivity contribution is -0.127. The molecule has 0 saturated carbocycles. The smallest absolute Gasteiger partial charge is 0.241 e. The third-order valence-corrected chi connectivity index (χ3v) is 6.89. The first-order valence-corrected chi connectivity index (χ1v) is 10.5. The molecule has 2 aromatic carbocycles. The highest BCUT2D eigenvalue weighted by molar-refractivity contribution is 9.10. The van der Waals surface area contributed by atoms with Gasteiger partial charge in [0.1, 0.15) is 0 Å². The van der Waals surface area contributed by atoms with Crippen molar-refractivity contribution >= 4 is 33.4 Å². The van der Waals surface area contributed by atoms with Crippen molar-refractivity contribution in [1.82, 2.24) is 0 Å². The zero-order valence-electron chi connectivity index (χ0n) is 16.8. The number of nitrogens with zero attached hydrogens (tertiary/aromatic N) is 1. The predicted molar refractivity (Wildman–Crippen MR) is 119 cm³/mol. The highest BCUT2D eigenvalue weighted by atomic mass is 79.9. The van der Waals surface area contributed by atoms with E-state index in [0.717, 1.165) is 11.1 Å². The lowest BCUT2D eigenvalue weighted by Gasteiger charge is -2.40. The monoisotopic (exact) mass is 467 g/mol. The van der Waals surface area contributed by atoms with Crippen molar-refractivity contribution < 1.29 is 19.4 Å². The van der Waals surface area contributed by atoms with E-state index in [2.05, 4.69) is 22.5 Å². The molecule has 154 valence electrons. The molecule has 4 rings (SSSR count). The average molecular weight is 468 g/mol. The molecule has 1 aliphatic heterocycles. The van der Waals surface area contributed by atoms with Gasteiger partial charge in [0.2, 0.25) is 11.8 Å². The molecule has 0 aromatic heterocycles. The predicted octanol–water partition coefficient (Wildman–Crippen LogP) is 4.96. The summed E-state index contributed by atoms with van der Waals surface area (Å²) >= 11 is 3.37. The molecule has 0 spiro atoms. The number of phenolic OH excluding ortho intramolecular Hbond substituents is 1. The maximum Gasteiger partial charge on any atom is 0.241 e. The van der Waals surface area contributed by atoms with Gasteiger partial charge in [0.25, 0.3) is 0 Å². The quantitative estimate of drug-likeness (QED) is 0.645. The first-order valence-electron chi connectivity index (χ1n) is 9.66. The Morgan fingerprint density at radius 2 is 1.97 bits per heavy atom. The molecular formula is C24H22BrNO4. The maximum absolute atomic E-state index is 13.8. The number of carbonyl (C=O) groups is 2. The molecule has 1 fully saturated rings. The van der Waals surface area contributed by atoms with E-state index in [4.69, 9.17) is 4.74 Å². The number of amides is 2. The van der Waals surface area contributed by atoms with E-state index in [1.807, 2.05) is 31.2 Å². The molecule has 1 N–H and O–H groups in total. The SMILES string of the molecule is C=CC1=CC[C@H]2C(=O)N(c3ccccc3)C(=O)[C@@]2(C)[C@H]1c1cc(Br)c(O)c(OC)c1. The highest BCUT2D eigenvalue weighted by Crippen LogP contribution is 2.57. The molecule has 2 aromatic rings. The number of benzene rings is 2. The number of aromatic hydroxyl groups is 1. The first kappa shape index (κ1) is 20.4. The molecule has 3 atom stereocenters. The summed E-state index contributed by atoms with van der Waals surface area (Å²) in [6.07, 6.45) is 4.19. The zero-order valence-corrected chi connectivity index (χ0v) is 18.3. The lowest BCUT2D eigenvalue weighted by atomic mass is 9.60. The molecule has 1 saturated heterocycles. The number of halogens is 1. The Balaban J connectivity index is 1.90. The van der Waals surface area contributed by atoms with Gasteiger partial charge in [-0.1, -0.05) is 36.9 Å². The van der Waals surface area contributed by atoms with Crippen molar-refractivity contribution in [2.75, 3.05) is 12.0 Å². The van der Waals surface area contributed by atoms with Crippen LogP contribution in [0.25, 0.3) is 0 Å². The van der Waals surface area contributed by atoms with Crippen molar-refractivity contribution in [3.63, 3.8) is 0 Å². The number of carbonyl (C=O) groups excluding carboxylic acids is 2. The van der Waals surface area contributed by atoms with Crippen LogP contribution in [0.3, 0.4) is 0 Å². The number of phenols is 1. The van der Waals surface area contributed by atoms with Gasteiger partial charge in [-0.05, 0) is 64.7 Å². The van der Waals surface area contributed by atoms with Crippen LogP contribution >= 0.6 is 15.9 Å². The molecule has 5 nitrogen and oxygen atoms in total. The van der Waals surface area contributed by atoms with Gasteiger partial charge in [0.05, 0.1) is 28.6 Å². The Morgan fingerprint density at radius 3 is 2.60 bits per heavy atom. The van der Waals surface area contributed by atoms with Crippen LogP contribution in [0, 0.1) is 11.3 Å². The number of allylic oxidation sites excluding steroid dienone is 3. The Hall–Kier alpha value is -2.86. The van der Waals surface area contributed by atoms with Gasteiger partial charge < -0.3 is 9.84 Å². The van der Waals surface area contributed by atoms with Crippen molar-refractivity contribution in [2.45, 2.75) is 19.3 Å². The number of fused-ring (bicyclic) bond motifs is 1. The molecule has 1 heterocycles. The number of hydrogen-bond acceptors (Lipinski definition) is 4. The molecule has 6 heteroatoms. The number of para-hydroxylation sites is 1. The summed E-state index contributed by atoms with van der Waals surface area (Å²) in [5, 5.41) is 10.2. The van der Waals surface area contributed by atoms with Gasteiger partial charge in [0.15, 0.2) is 11.5 Å². The van der Waals surface area contributed by atoms with E-state index >= 15 is 0 Å². The van der Waals surface area contributed by atoms with Crippen LogP contribution in [-0.2, 0) is 9.59 Å². The summed E-state index contributed by atoms with van der Waals surface area (Å²) in [6, 6.07) is 12.5. The average Bonchev–Trinajstić information content (AvgIpc) is 2.95. The van der Waals surface area contributed by atoms with E-state index in [1.54, 1.807) is 30.3 Å². The number of ether oxygens (including phenoxy) is 1. The number of rotatable bonds is 4. The zero-order chi connectivity index (χ0) is 21.6. The molecular weight excluding hydrogens is 446 g/mol. The second-order valence-corrected chi connectivity index (χ2v) is 8.63. The number of methoxy groups -OCH3 is 1.